The minimum Gasteiger partial charge on any atom is -0.379 e. The van der Waals surface area contributed by atoms with Crippen LogP contribution in [0.2, 0.25) is 0 Å². The standard InChI is InChI=1S/C21H20BrF2N3O2S/c22-16-5-2-1-4-15(16)20(28)27(7-3-6-26-8-10-29-11-9-26)21-25-19-17(24)12-14(23)13-18(19)30-21/h1-2,4-5,12-13H,3,6-11H2. The van der Waals surface area contributed by atoms with Crippen LogP contribution in [0.1, 0.15) is 16.8 Å². The number of nitrogens with zero attached hydrogens (tertiary/aromatic N) is 3. The number of thiazole rings is 1. The second kappa shape index (κ2) is 9.47. The minimum atomic E-state index is -0.728. The van der Waals surface area contributed by atoms with Crippen LogP contribution in [0.4, 0.5) is 13.9 Å². The molecule has 0 saturated carbocycles. The van der Waals surface area contributed by atoms with Crippen LogP contribution in [-0.4, -0.2) is 55.2 Å². The molecular weight excluding hydrogens is 476 g/mol. The molecule has 1 aliphatic heterocycles. The monoisotopic (exact) mass is 495 g/mol. The summed E-state index contributed by atoms with van der Waals surface area (Å²) in [6, 6.07) is 9.21. The topological polar surface area (TPSA) is 45.7 Å². The van der Waals surface area contributed by atoms with Gasteiger partial charge in [0.05, 0.1) is 23.5 Å². The molecule has 3 aromatic rings. The van der Waals surface area contributed by atoms with Crippen LogP contribution in [-0.2, 0) is 4.74 Å². The van der Waals surface area contributed by atoms with Crippen molar-refractivity contribution in [1.29, 1.82) is 0 Å². The van der Waals surface area contributed by atoms with Crippen molar-refractivity contribution in [3.63, 3.8) is 0 Å². The maximum Gasteiger partial charge on any atom is 0.261 e. The number of aromatic nitrogens is 1. The predicted octanol–water partition coefficient (Wildman–Crippen LogP) is 4.71. The Kier molecular flexibility index (Phi) is 6.72. The van der Waals surface area contributed by atoms with E-state index in [-0.39, 0.29) is 11.4 Å². The van der Waals surface area contributed by atoms with Crippen molar-refractivity contribution in [1.82, 2.24) is 9.88 Å². The molecule has 1 aromatic heterocycles. The van der Waals surface area contributed by atoms with E-state index in [1.165, 1.54) is 6.07 Å². The summed E-state index contributed by atoms with van der Waals surface area (Å²) in [5.41, 5.74) is 0.573. The Bertz CT molecular complexity index is 1060. The lowest BCUT2D eigenvalue weighted by molar-refractivity contribution is 0.0376. The second-order valence-electron chi connectivity index (χ2n) is 6.97. The van der Waals surface area contributed by atoms with Crippen molar-refractivity contribution >= 4 is 48.5 Å². The molecule has 1 amide bonds. The second-order valence-corrected chi connectivity index (χ2v) is 8.84. The lowest BCUT2D eigenvalue weighted by Gasteiger charge is -2.27. The van der Waals surface area contributed by atoms with Gasteiger partial charge in [0.15, 0.2) is 10.9 Å². The van der Waals surface area contributed by atoms with Gasteiger partial charge in [0.25, 0.3) is 5.91 Å². The zero-order valence-corrected chi connectivity index (χ0v) is 18.5. The molecule has 9 heteroatoms. The Morgan fingerprint density at radius 2 is 2.00 bits per heavy atom. The van der Waals surface area contributed by atoms with E-state index in [0.29, 0.717) is 39.6 Å². The van der Waals surface area contributed by atoms with E-state index in [1.54, 1.807) is 23.1 Å². The molecule has 2 heterocycles. The number of amides is 1. The molecule has 30 heavy (non-hydrogen) atoms. The zero-order valence-electron chi connectivity index (χ0n) is 16.1. The third-order valence-corrected chi connectivity index (χ3v) is 6.66. The van der Waals surface area contributed by atoms with Crippen LogP contribution >= 0.6 is 27.3 Å². The summed E-state index contributed by atoms with van der Waals surface area (Å²) in [6.07, 6.45) is 0.725. The quantitative estimate of drug-likeness (QED) is 0.496. The number of morpholine rings is 1. The fraction of sp³-hybridized carbons (Fsp3) is 0.333. The van der Waals surface area contributed by atoms with Gasteiger partial charge in [-0.2, -0.15) is 0 Å². The molecule has 0 bridgehead atoms. The molecule has 2 aromatic carbocycles. The maximum atomic E-state index is 14.2. The maximum absolute atomic E-state index is 14.2. The fourth-order valence-corrected chi connectivity index (χ4v) is 4.89. The number of carbonyl (C=O) groups is 1. The Morgan fingerprint density at radius 1 is 1.23 bits per heavy atom. The van der Waals surface area contributed by atoms with Gasteiger partial charge < -0.3 is 4.74 Å². The summed E-state index contributed by atoms with van der Waals surface area (Å²) in [5.74, 6) is -1.62. The van der Waals surface area contributed by atoms with Gasteiger partial charge in [-0.1, -0.05) is 23.5 Å². The van der Waals surface area contributed by atoms with E-state index in [0.717, 1.165) is 43.5 Å². The van der Waals surface area contributed by atoms with Crippen molar-refractivity contribution < 1.29 is 18.3 Å². The molecule has 4 rings (SSSR count). The number of anilines is 1. The van der Waals surface area contributed by atoms with Crippen LogP contribution in [0.25, 0.3) is 10.2 Å². The molecule has 0 radical (unpaired) electrons. The van der Waals surface area contributed by atoms with Gasteiger partial charge in [0, 0.05) is 36.7 Å². The number of fused-ring (bicyclic) bond motifs is 1. The van der Waals surface area contributed by atoms with E-state index in [2.05, 4.69) is 25.8 Å². The summed E-state index contributed by atoms with van der Waals surface area (Å²) >= 11 is 4.54. The van der Waals surface area contributed by atoms with E-state index in [4.69, 9.17) is 4.74 Å². The van der Waals surface area contributed by atoms with Crippen LogP contribution in [0, 0.1) is 11.6 Å². The van der Waals surface area contributed by atoms with Gasteiger partial charge in [-0.15, -0.1) is 0 Å². The summed E-state index contributed by atoms with van der Waals surface area (Å²) in [4.78, 5) is 21.5. The van der Waals surface area contributed by atoms with Crippen LogP contribution < -0.4 is 4.90 Å². The van der Waals surface area contributed by atoms with Crippen LogP contribution in [0.15, 0.2) is 40.9 Å². The van der Waals surface area contributed by atoms with Crippen LogP contribution in [0.5, 0.6) is 0 Å². The third-order valence-electron chi connectivity index (χ3n) is 4.94. The normalized spacial score (nSPS) is 14.9. The summed E-state index contributed by atoms with van der Waals surface area (Å²) in [6.45, 7) is 4.39. The first-order chi connectivity index (χ1) is 14.5. The summed E-state index contributed by atoms with van der Waals surface area (Å²) in [5, 5.41) is 0.359. The number of hydrogen-bond acceptors (Lipinski definition) is 5. The van der Waals surface area contributed by atoms with E-state index < -0.39 is 11.6 Å². The zero-order chi connectivity index (χ0) is 21.1. The van der Waals surface area contributed by atoms with Gasteiger partial charge in [-0.3, -0.25) is 14.6 Å². The van der Waals surface area contributed by atoms with Gasteiger partial charge in [-0.05, 0) is 40.5 Å². The molecule has 0 N–H and O–H groups in total. The lowest BCUT2D eigenvalue weighted by atomic mass is 10.2. The Balaban J connectivity index is 1.62. The number of carbonyl (C=O) groups excluding carboxylic acids is 1. The highest BCUT2D eigenvalue weighted by molar-refractivity contribution is 9.10. The van der Waals surface area contributed by atoms with E-state index in [1.807, 2.05) is 6.07 Å². The highest BCUT2D eigenvalue weighted by Crippen LogP contribution is 2.32. The van der Waals surface area contributed by atoms with E-state index >= 15 is 0 Å². The number of ether oxygens (including phenoxy) is 1. The van der Waals surface area contributed by atoms with Crippen LogP contribution in [0.3, 0.4) is 0 Å². The SMILES string of the molecule is O=C(c1ccccc1Br)N(CCCN1CCOCC1)c1nc2c(F)cc(F)cc2s1. The van der Waals surface area contributed by atoms with Crippen molar-refractivity contribution in [3.05, 3.63) is 58.1 Å². The summed E-state index contributed by atoms with van der Waals surface area (Å²) < 4.78 is 34.2. The van der Waals surface area contributed by atoms with Crippen molar-refractivity contribution in [3.8, 4) is 0 Å². The Labute approximate surface area is 185 Å². The lowest BCUT2D eigenvalue weighted by Crippen LogP contribution is -2.39. The predicted molar refractivity (Wildman–Crippen MR) is 117 cm³/mol. The number of benzene rings is 2. The minimum absolute atomic E-state index is 0.0782. The molecular formula is C21H20BrF2N3O2S. The van der Waals surface area contributed by atoms with Gasteiger partial charge in [0.2, 0.25) is 0 Å². The molecule has 158 valence electrons. The van der Waals surface area contributed by atoms with Gasteiger partial charge in [-0.25, -0.2) is 13.8 Å². The molecule has 5 nitrogen and oxygen atoms in total. The summed E-state index contributed by atoms with van der Waals surface area (Å²) in [7, 11) is 0. The first kappa shape index (κ1) is 21.3. The van der Waals surface area contributed by atoms with Gasteiger partial charge in [0.1, 0.15) is 11.3 Å². The Morgan fingerprint density at radius 3 is 2.77 bits per heavy atom. The molecule has 0 atom stereocenters. The molecule has 1 saturated heterocycles. The highest BCUT2D eigenvalue weighted by Gasteiger charge is 2.24. The smallest absolute Gasteiger partial charge is 0.261 e. The largest absolute Gasteiger partial charge is 0.379 e. The fourth-order valence-electron chi connectivity index (χ4n) is 3.40. The molecule has 0 aliphatic carbocycles. The molecule has 1 fully saturated rings. The first-order valence-corrected chi connectivity index (χ1v) is 11.3. The highest BCUT2D eigenvalue weighted by atomic mass is 79.9. The Hall–Kier alpha value is -1.94. The number of hydrogen-bond donors (Lipinski definition) is 0. The average Bonchev–Trinajstić information content (AvgIpc) is 3.16. The average molecular weight is 496 g/mol. The van der Waals surface area contributed by atoms with Gasteiger partial charge >= 0.3 is 0 Å². The number of halogens is 3. The molecule has 0 spiro atoms. The number of rotatable bonds is 6. The molecule has 1 aliphatic rings. The van der Waals surface area contributed by atoms with Crippen molar-refractivity contribution in [2.45, 2.75) is 6.42 Å². The molecule has 0 unspecified atom stereocenters. The van der Waals surface area contributed by atoms with E-state index in [9.17, 15) is 13.6 Å². The first-order valence-electron chi connectivity index (χ1n) is 9.65. The van der Waals surface area contributed by atoms with Crippen molar-refractivity contribution in [2.75, 3.05) is 44.3 Å². The third kappa shape index (κ3) is 4.69. The van der Waals surface area contributed by atoms with Crippen molar-refractivity contribution in [2.24, 2.45) is 0 Å².